The Morgan fingerprint density at radius 3 is 2.58 bits per heavy atom. The lowest BCUT2D eigenvalue weighted by Crippen LogP contribution is -2.51. The zero-order chi connectivity index (χ0) is 18.7. The Morgan fingerprint density at radius 1 is 1.19 bits per heavy atom. The highest BCUT2D eigenvalue weighted by Gasteiger charge is 2.35. The van der Waals surface area contributed by atoms with Crippen LogP contribution in [0.1, 0.15) is 18.1 Å². The summed E-state index contributed by atoms with van der Waals surface area (Å²) in [4.78, 5) is 0.294. The van der Waals surface area contributed by atoms with Crippen molar-refractivity contribution < 1.29 is 17.9 Å². The van der Waals surface area contributed by atoms with Crippen LogP contribution in [0.15, 0.2) is 53.4 Å². The largest absolute Gasteiger partial charge is 0.496 e. The van der Waals surface area contributed by atoms with Crippen molar-refractivity contribution in [3.05, 3.63) is 59.7 Å². The van der Waals surface area contributed by atoms with Crippen LogP contribution in [-0.2, 0) is 21.2 Å². The van der Waals surface area contributed by atoms with Crippen LogP contribution in [0.25, 0.3) is 0 Å². The van der Waals surface area contributed by atoms with Crippen molar-refractivity contribution in [2.24, 2.45) is 0 Å². The van der Waals surface area contributed by atoms with Crippen LogP contribution in [0.2, 0.25) is 0 Å². The zero-order valence-corrected chi connectivity index (χ0v) is 16.2. The van der Waals surface area contributed by atoms with Gasteiger partial charge in [-0.15, -0.1) is 0 Å². The minimum Gasteiger partial charge on any atom is -0.496 e. The summed E-state index contributed by atoms with van der Waals surface area (Å²) in [5, 5.41) is 0. The lowest BCUT2D eigenvalue weighted by Gasteiger charge is -2.37. The molecule has 0 bridgehead atoms. The summed E-state index contributed by atoms with van der Waals surface area (Å²) in [6.45, 7) is 4.47. The molecule has 0 saturated carbocycles. The van der Waals surface area contributed by atoms with Crippen molar-refractivity contribution in [3.8, 4) is 5.75 Å². The number of rotatable bonds is 5. The van der Waals surface area contributed by atoms with E-state index in [1.165, 1.54) is 0 Å². The Morgan fingerprint density at radius 2 is 1.92 bits per heavy atom. The third-order valence-corrected chi connectivity index (χ3v) is 6.70. The lowest BCUT2D eigenvalue weighted by molar-refractivity contribution is -0.0265. The number of methoxy groups -OCH3 is 1. The first kappa shape index (κ1) is 18.9. The van der Waals surface area contributed by atoms with E-state index >= 15 is 0 Å². The fraction of sp³-hybridized carbons (Fsp3) is 0.400. The highest BCUT2D eigenvalue weighted by molar-refractivity contribution is 7.89. The Labute approximate surface area is 155 Å². The van der Waals surface area contributed by atoms with Crippen LogP contribution in [0.3, 0.4) is 0 Å². The molecule has 0 aliphatic carbocycles. The molecular formula is C20H25NO4S. The molecule has 2 unspecified atom stereocenters. The van der Waals surface area contributed by atoms with Gasteiger partial charge in [0.25, 0.3) is 0 Å². The standard InChI is InChI=1S/C20H25NO4S/c1-15-11-19(9-10-20(15)24-3)26(22,23)21-13-18(25-14-16(21)2)12-17-7-5-4-6-8-17/h4-11,16,18H,12-14H2,1-3H3. The maximum absolute atomic E-state index is 13.2. The van der Waals surface area contributed by atoms with E-state index < -0.39 is 10.0 Å². The summed E-state index contributed by atoms with van der Waals surface area (Å²) < 4.78 is 39.0. The number of hydrogen-bond acceptors (Lipinski definition) is 4. The molecule has 0 aromatic heterocycles. The highest BCUT2D eigenvalue weighted by Crippen LogP contribution is 2.27. The van der Waals surface area contributed by atoms with Crippen molar-refractivity contribution >= 4 is 10.0 Å². The van der Waals surface area contributed by atoms with Gasteiger partial charge < -0.3 is 9.47 Å². The average Bonchev–Trinajstić information content (AvgIpc) is 2.64. The molecule has 5 nitrogen and oxygen atoms in total. The summed E-state index contributed by atoms with van der Waals surface area (Å²) in [7, 11) is -2.01. The first-order valence-electron chi connectivity index (χ1n) is 8.74. The number of nitrogens with zero attached hydrogens (tertiary/aromatic N) is 1. The maximum Gasteiger partial charge on any atom is 0.243 e. The highest BCUT2D eigenvalue weighted by atomic mass is 32.2. The normalized spacial score (nSPS) is 21.5. The van der Waals surface area contributed by atoms with Gasteiger partial charge in [-0.2, -0.15) is 4.31 Å². The second kappa shape index (κ2) is 7.78. The molecule has 0 N–H and O–H groups in total. The van der Waals surface area contributed by atoms with Crippen molar-refractivity contribution in [1.82, 2.24) is 4.31 Å². The van der Waals surface area contributed by atoms with Crippen LogP contribution < -0.4 is 4.74 Å². The summed E-state index contributed by atoms with van der Waals surface area (Å²) in [6, 6.07) is 14.8. The molecule has 1 aliphatic rings. The second-order valence-corrected chi connectivity index (χ2v) is 8.59. The first-order chi connectivity index (χ1) is 12.4. The number of sulfonamides is 1. The summed E-state index contributed by atoms with van der Waals surface area (Å²) in [5.41, 5.74) is 1.94. The second-order valence-electron chi connectivity index (χ2n) is 6.70. The SMILES string of the molecule is COc1ccc(S(=O)(=O)N2CC(Cc3ccccc3)OCC2C)cc1C. The summed E-state index contributed by atoms with van der Waals surface area (Å²) in [5.74, 6) is 0.681. The monoisotopic (exact) mass is 375 g/mol. The molecule has 0 radical (unpaired) electrons. The third kappa shape index (κ3) is 3.92. The number of aryl methyl sites for hydroxylation is 1. The van der Waals surface area contributed by atoms with Crippen LogP contribution in [-0.4, -0.2) is 45.1 Å². The van der Waals surface area contributed by atoms with Gasteiger partial charge in [0.2, 0.25) is 10.0 Å². The van der Waals surface area contributed by atoms with E-state index in [9.17, 15) is 8.42 Å². The number of benzene rings is 2. The van der Waals surface area contributed by atoms with Gasteiger partial charge in [-0.3, -0.25) is 0 Å². The minimum atomic E-state index is -3.59. The molecule has 2 aromatic carbocycles. The third-order valence-electron chi connectivity index (χ3n) is 4.73. The Balaban J connectivity index is 1.82. The molecule has 1 saturated heterocycles. The van der Waals surface area contributed by atoms with Gasteiger partial charge in [0.05, 0.1) is 24.7 Å². The van der Waals surface area contributed by atoms with Crippen molar-refractivity contribution in [2.45, 2.75) is 37.3 Å². The predicted molar refractivity (Wildman–Crippen MR) is 101 cm³/mol. The van der Waals surface area contributed by atoms with Crippen LogP contribution in [0, 0.1) is 6.92 Å². The molecule has 1 fully saturated rings. The van der Waals surface area contributed by atoms with Gasteiger partial charge in [-0.25, -0.2) is 8.42 Å². The first-order valence-corrected chi connectivity index (χ1v) is 10.2. The van der Waals surface area contributed by atoms with Gasteiger partial charge >= 0.3 is 0 Å². The molecule has 0 amide bonds. The molecule has 26 heavy (non-hydrogen) atoms. The smallest absolute Gasteiger partial charge is 0.243 e. The molecule has 3 rings (SSSR count). The fourth-order valence-corrected chi connectivity index (χ4v) is 5.01. The Bertz CT molecular complexity index is 851. The van der Waals surface area contributed by atoms with Gasteiger partial charge in [-0.1, -0.05) is 30.3 Å². The van der Waals surface area contributed by atoms with Crippen molar-refractivity contribution in [1.29, 1.82) is 0 Å². The van der Waals surface area contributed by atoms with Crippen molar-refractivity contribution in [2.75, 3.05) is 20.3 Å². The minimum absolute atomic E-state index is 0.150. The number of ether oxygens (including phenoxy) is 2. The van der Waals surface area contributed by atoms with Crippen LogP contribution in [0.5, 0.6) is 5.75 Å². The molecule has 6 heteroatoms. The van der Waals surface area contributed by atoms with E-state index in [0.717, 1.165) is 11.1 Å². The van der Waals surface area contributed by atoms with E-state index in [0.29, 0.717) is 30.2 Å². The average molecular weight is 375 g/mol. The molecule has 2 aromatic rings. The molecule has 1 aliphatic heterocycles. The molecular weight excluding hydrogens is 350 g/mol. The molecule has 0 spiro atoms. The molecule has 140 valence electrons. The number of hydrogen-bond donors (Lipinski definition) is 0. The maximum atomic E-state index is 13.2. The summed E-state index contributed by atoms with van der Waals surface area (Å²) in [6.07, 6.45) is 0.545. The van der Waals surface area contributed by atoms with Gasteiger partial charge in [0.1, 0.15) is 5.75 Å². The summed E-state index contributed by atoms with van der Waals surface area (Å²) >= 11 is 0. The van der Waals surface area contributed by atoms with E-state index in [2.05, 4.69) is 0 Å². The Kier molecular flexibility index (Phi) is 5.65. The van der Waals surface area contributed by atoms with E-state index in [4.69, 9.17) is 9.47 Å². The topological polar surface area (TPSA) is 55.8 Å². The van der Waals surface area contributed by atoms with Gasteiger partial charge in [-0.05, 0) is 49.6 Å². The van der Waals surface area contributed by atoms with Crippen molar-refractivity contribution in [3.63, 3.8) is 0 Å². The lowest BCUT2D eigenvalue weighted by atomic mass is 10.1. The van der Waals surface area contributed by atoms with E-state index in [1.807, 2.05) is 44.2 Å². The molecule has 1 heterocycles. The van der Waals surface area contributed by atoms with E-state index in [1.54, 1.807) is 29.6 Å². The quantitative estimate of drug-likeness (QED) is 0.806. The predicted octanol–water partition coefficient (Wildman–Crippen LogP) is 3.02. The van der Waals surface area contributed by atoms with Crippen LogP contribution in [0.4, 0.5) is 0 Å². The molecule has 2 atom stereocenters. The van der Waals surface area contributed by atoms with E-state index in [-0.39, 0.29) is 12.1 Å². The van der Waals surface area contributed by atoms with Crippen LogP contribution >= 0.6 is 0 Å². The zero-order valence-electron chi connectivity index (χ0n) is 15.4. The fourth-order valence-electron chi connectivity index (χ4n) is 3.27. The Hall–Kier alpha value is -1.89. The van der Waals surface area contributed by atoms with Gasteiger partial charge in [0.15, 0.2) is 0 Å². The van der Waals surface area contributed by atoms with Gasteiger partial charge in [0, 0.05) is 12.6 Å². The number of morpholine rings is 1.